The Morgan fingerprint density at radius 3 is 2.27 bits per heavy atom. The van der Waals surface area contributed by atoms with Gasteiger partial charge >= 0.3 is 18.6 Å². The van der Waals surface area contributed by atoms with Gasteiger partial charge < -0.3 is 14.2 Å². The minimum absolute atomic E-state index is 0.0935. The maximum Gasteiger partial charge on any atom is 0.387 e. The molecule has 1 heterocycles. The molecule has 0 atom stereocenters. The van der Waals surface area contributed by atoms with Crippen LogP contribution in [0, 0.1) is 0 Å². The molecule has 0 aliphatic rings. The van der Waals surface area contributed by atoms with Crippen LogP contribution in [-0.4, -0.2) is 42.6 Å². The van der Waals surface area contributed by atoms with E-state index in [0.29, 0.717) is 11.3 Å². The first kappa shape index (κ1) is 21.4. The minimum atomic E-state index is -3.00. The van der Waals surface area contributed by atoms with Crippen molar-refractivity contribution in [3.8, 4) is 22.7 Å². The van der Waals surface area contributed by atoms with Gasteiger partial charge in [-0.25, -0.2) is 14.3 Å². The van der Waals surface area contributed by atoms with Gasteiger partial charge in [0.1, 0.15) is 17.0 Å². The first-order chi connectivity index (χ1) is 14.4. The number of methoxy groups -OCH3 is 2. The summed E-state index contributed by atoms with van der Waals surface area (Å²) in [6.07, 6.45) is 0. The molecule has 0 aliphatic heterocycles. The third-order valence-electron chi connectivity index (χ3n) is 4.08. The summed E-state index contributed by atoms with van der Waals surface area (Å²) >= 11 is 3.16. The molecule has 0 unspecified atom stereocenters. The Morgan fingerprint density at radius 2 is 1.70 bits per heavy atom. The first-order valence-electron chi connectivity index (χ1n) is 8.47. The van der Waals surface area contributed by atoms with Crippen LogP contribution >= 0.6 is 15.9 Å². The van der Waals surface area contributed by atoms with Crippen molar-refractivity contribution in [2.75, 3.05) is 14.2 Å². The molecule has 10 heteroatoms. The largest absolute Gasteiger partial charge is 0.465 e. The Morgan fingerprint density at radius 1 is 1.03 bits per heavy atom. The number of hydrogen-bond donors (Lipinski definition) is 0. The molecule has 1 aromatic heterocycles. The Balaban J connectivity index is 2.26. The van der Waals surface area contributed by atoms with Gasteiger partial charge in [-0.2, -0.15) is 13.9 Å². The summed E-state index contributed by atoms with van der Waals surface area (Å²) in [5.41, 5.74) is 0.724. The summed E-state index contributed by atoms with van der Waals surface area (Å²) in [5, 5.41) is 4.43. The van der Waals surface area contributed by atoms with Crippen LogP contribution in [0.25, 0.3) is 16.9 Å². The van der Waals surface area contributed by atoms with Gasteiger partial charge in [0.15, 0.2) is 5.69 Å². The van der Waals surface area contributed by atoms with E-state index in [1.54, 1.807) is 30.3 Å². The van der Waals surface area contributed by atoms with Crippen LogP contribution in [-0.2, 0) is 9.47 Å². The highest BCUT2D eigenvalue weighted by molar-refractivity contribution is 9.10. The molecule has 0 saturated heterocycles. The quantitative estimate of drug-likeness (QED) is 0.484. The zero-order chi connectivity index (χ0) is 21.8. The summed E-state index contributed by atoms with van der Waals surface area (Å²) in [7, 11) is 2.35. The number of aromatic nitrogens is 2. The Kier molecular flexibility index (Phi) is 6.46. The Bertz CT molecular complexity index is 1090. The number of ether oxygens (including phenoxy) is 3. The molecular weight excluding hydrogens is 466 g/mol. The van der Waals surface area contributed by atoms with E-state index in [1.165, 1.54) is 37.1 Å². The van der Waals surface area contributed by atoms with Gasteiger partial charge in [-0.05, 0) is 46.3 Å². The molecule has 2 aromatic carbocycles. The van der Waals surface area contributed by atoms with E-state index in [1.807, 2.05) is 0 Å². The van der Waals surface area contributed by atoms with Crippen molar-refractivity contribution in [1.29, 1.82) is 0 Å². The predicted octanol–water partition coefficient (Wildman–Crippen LogP) is 4.48. The van der Waals surface area contributed by atoms with E-state index < -0.39 is 18.6 Å². The fourth-order valence-corrected chi connectivity index (χ4v) is 3.27. The lowest BCUT2D eigenvalue weighted by Crippen LogP contribution is -2.15. The molecule has 3 rings (SSSR count). The summed E-state index contributed by atoms with van der Waals surface area (Å²) < 4.78 is 40.7. The van der Waals surface area contributed by atoms with Crippen molar-refractivity contribution in [2.24, 2.45) is 0 Å². The van der Waals surface area contributed by atoms with E-state index in [9.17, 15) is 18.4 Å². The van der Waals surface area contributed by atoms with Crippen molar-refractivity contribution < 1.29 is 32.6 Å². The fourth-order valence-electron chi connectivity index (χ4n) is 2.80. The van der Waals surface area contributed by atoms with Crippen LogP contribution < -0.4 is 4.74 Å². The lowest BCUT2D eigenvalue weighted by Gasteiger charge is -2.08. The fraction of sp³-hybridized carbons (Fsp3) is 0.150. The number of para-hydroxylation sites is 1. The van der Waals surface area contributed by atoms with Crippen LogP contribution in [0.1, 0.15) is 20.8 Å². The van der Waals surface area contributed by atoms with Gasteiger partial charge in [0.05, 0.1) is 24.4 Å². The molecule has 0 bridgehead atoms. The molecular formula is C20H15BrF2N2O5. The van der Waals surface area contributed by atoms with Crippen molar-refractivity contribution in [3.05, 3.63) is 64.3 Å². The molecule has 0 aliphatic carbocycles. The van der Waals surface area contributed by atoms with Gasteiger partial charge in [-0.3, -0.25) is 0 Å². The van der Waals surface area contributed by atoms with Crippen LogP contribution in [0.4, 0.5) is 8.78 Å². The summed E-state index contributed by atoms with van der Waals surface area (Å²) in [6.45, 7) is -3.00. The van der Waals surface area contributed by atoms with Crippen LogP contribution in [0.3, 0.4) is 0 Å². The second-order valence-corrected chi connectivity index (χ2v) is 6.68. The Hall–Kier alpha value is -3.27. The van der Waals surface area contributed by atoms with Crippen LogP contribution in [0.15, 0.2) is 53.0 Å². The van der Waals surface area contributed by atoms with Gasteiger partial charge in [0.25, 0.3) is 0 Å². The molecule has 0 N–H and O–H groups in total. The molecule has 0 fully saturated rings. The van der Waals surface area contributed by atoms with Crippen LogP contribution in [0.2, 0.25) is 0 Å². The number of alkyl halides is 2. The highest BCUT2D eigenvalue weighted by Crippen LogP contribution is 2.34. The van der Waals surface area contributed by atoms with E-state index in [2.05, 4.69) is 25.8 Å². The zero-order valence-electron chi connectivity index (χ0n) is 15.8. The smallest absolute Gasteiger partial charge is 0.387 e. The topological polar surface area (TPSA) is 79.7 Å². The molecule has 3 aromatic rings. The van der Waals surface area contributed by atoms with Crippen molar-refractivity contribution in [2.45, 2.75) is 6.61 Å². The monoisotopic (exact) mass is 480 g/mol. The molecule has 0 amide bonds. The van der Waals surface area contributed by atoms with Crippen molar-refractivity contribution in [1.82, 2.24) is 9.78 Å². The third-order valence-corrected chi connectivity index (χ3v) is 4.70. The molecule has 7 nitrogen and oxygen atoms in total. The average molecular weight is 481 g/mol. The van der Waals surface area contributed by atoms with Crippen molar-refractivity contribution in [3.63, 3.8) is 0 Å². The number of rotatable bonds is 6. The molecule has 0 saturated carbocycles. The highest BCUT2D eigenvalue weighted by Gasteiger charge is 2.31. The lowest BCUT2D eigenvalue weighted by atomic mass is 10.1. The highest BCUT2D eigenvalue weighted by atomic mass is 79.9. The third kappa shape index (κ3) is 4.18. The zero-order valence-corrected chi connectivity index (χ0v) is 17.4. The van der Waals surface area contributed by atoms with E-state index >= 15 is 0 Å². The molecule has 0 spiro atoms. The van der Waals surface area contributed by atoms with Gasteiger partial charge in [-0.1, -0.05) is 18.2 Å². The maximum absolute atomic E-state index is 12.6. The van der Waals surface area contributed by atoms with Gasteiger partial charge in [0, 0.05) is 5.56 Å². The van der Waals surface area contributed by atoms with E-state index in [0.717, 1.165) is 0 Å². The minimum Gasteiger partial charge on any atom is -0.465 e. The number of nitrogens with zero attached hydrogens (tertiary/aromatic N) is 2. The van der Waals surface area contributed by atoms with Crippen LogP contribution in [0.5, 0.6) is 5.75 Å². The lowest BCUT2D eigenvalue weighted by molar-refractivity contribution is -0.0503. The molecule has 30 heavy (non-hydrogen) atoms. The van der Waals surface area contributed by atoms with Crippen molar-refractivity contribution >= 4 is 27.9 Å². The predicted molar refractivity (Wildman–Crippen MR) is 106 cm³/mol. The average Bonchev–Trinajstić information content (AvgIpc) is 3.15. The molecule has 0 radical (unpaired) electrons. The number of hydrogen-bond acceptors (Lipinski definition) is 6. The number of halogens is 3. The second kappa shape index (κ2) is 9.04. The second-order valence-electron chi connectivity index (χ2n) is 5.83. The number of benzene rings is 2. The molecule has 156 valence electrons. The SMILES string of the molecule is COC(=O)c1c(-c2ccc(OC(F)F)c(Br)c2)nn(-c2ccccc2)c1C(=O)OC. The van der Waals surface area contributed by atoms with Gasteiger partial charge in [0.2, 0.25) is 0 Å². The standard InChI is InChI=1S/C20H15BrF2N2O5/c1-28-18(26)15-16(11-8-9-14(13(21)10-11)30-20(22)23)24-25(17(15)19(27)29-2)12-6-4-3-5-7-12/h3-10,20H,1-2H3. The number of carbonyl (C=O) groups is 2. The maximum atomic E-state index is 12.6. The number of esters is 2. The Labute approximate surface area is 178 Å². The first-order valence-corrected chi connectivity index (χ1v) is 9.26. The van der Waals surface area contributed by atoms with E-state index in [4.69, 9.17) is 9.47 Å². The summed E-state index contributed by atoms with van der Waals surface area (Å²) in [4.78, 5) is 25.1. The van der Waals surface area contributed by atoms with E-state index in [-0.39, 0.29) is 27.2 Å². The summed E-state index contributed by atoms with van der Waals surface area (Å²) in [5.74, 6) is -1.70. The number of carbonyl (C=O) groups excluding carboxylic acids is 2. The summed E-state index contributed by atoms with van der Waals surface area (Å²) in [6, 6.07) is 12.8. The van der Waals surface area contributed by atoms with Gasteiger partial charge in [-0.15, -0.1) is 0 Å². The normalized spacial score (nSPS) is 10.7.